The summed E-state index contributed by atoms with van der Waals surface area (Å²) in [7, 11) is 4.04. The minimum Gasteiger partial charge on any atom is -0.378 e. The predicted octanol–water partition coefficient (Wildman–Crippen LogP) is 3.64. The molecule has 1 aliphatic rings. The standard InChI is InChI=1S/C17H21N3/c1-20(2)17-16(8-5-11-18-17)19-12-14-6-3-4-7-15(14)13-9-10-13/h3-8,11,13,19H,9-10,12H2,1-2H3. The van der Waals surface area contributed by atoms with Crippen LogP contribution in [0.1, 0.15) is 29.9 Å². The van der Waals surface area contributed by atoms with Crippen LogP contribution < -0.4 is 10.2 Å². The van der Waals surface area contributed by atoms with E-state index in [9.17, 15) is 0 Å². The van der Waals surface area contributed by atoms with Crippen molar-refractivity contribution in [2.45, 2.75) is 25.3 Å². The van der Waals surface area contributed by atoms with Crippen LogP contribution in [0.2, 0.25) is 0 Å². The van der Waals surface area contributed by atoms with Gasteiger partial charge in [-0.25, -0.2) is 4.98 Å². The molecule has 3 nitrogen and oxygen atoms in total. The summed E-state index contributed by atoms with van der Waals surface area (Å²) in [5.41, 5.74) is 4.00. The van der Waals surface area contributed by atoms with E-state index in [2.05, 4.69) is 40.6 Å². The Hall–Kier alpha value is -2.03. The first-order chi connectivity index (χ1) is 9.75. The highest BCUT2D eigenvalue weighted by atomic mass is 15.2. The summed E-state index contributed by atoms with van der Waals surface area (Å²) in [4.78, 5) is 6.46. The number of benzene rings is 1. The zero-order chi connectivity index (χ0) is 13.9. The van der Waals surface area contributed by atoms with Gasteiger partial charge in [0, 0.05) is 26.8 Å². The zero-order valence-electron chi connectivity index (χ0n) is 12.1. The van der Waals surface area contributed by atoms with Crippen molar-refractivity contribution in [2.75, 3.05) is 24.3 Å². The fourth-order valence-corrected chi connectivity index (χ4v) is 2.57. The van der Waals surface area contributed by atoms with Gasteiger partial charge in [0.25, 0.3) is 0 Å². The Kier molecular flexibility index (Phi) is 3.59. The third-order valence-electron chi connectivity index (χ3n) is 3.75. The lowest BCUT2D eigenvalue weighted by atomic mass is 10.0. The van der Waals surface area contributed by atoms with E-state index in [1.165, 1.54) is 24.0 Å². The van der Waals surface area contributed by atoms with Crippen LogP contribution >= 0.6 is 0 Å². The summed E-state index contributed by atoms with van der Waals surface area (Å²) in [5, 5.41) is 3.53. The first kappa shape index (κ1) is 13.0. The Balaban J connectivity index is 1.77. The van der Waals surface area contributed by atoms with Crippen LogP contribution in [0.3, 0.4) is 0 Å². The van der Waals surface area contributed by atoms with E-state index >= 15 is 0 Å². The lowest BCUT2D eigenvalue weighted by molar-refractivity contribution is 1.02. The van der Waals surface area contributed by atoms with E-state index < -0.39 is 0 Å². The molecule has 3 rings (SSSR count). The van der Waals surface area contributed by atoms with Gasteiger partial charge in [0.1, 0.15) is 0 Å². The molecule has 0 atom stereocenters. The smallest absolute Gasteiger partial charge is 0.151 e. The minimum absolute atomic E-state index is 0.787. The van der Waals surface area contributed by atoms with E-state index in [-0.39, 0.29) is 0 Å². The second-order valence-electron chi connectivity index (χ2n) is 5.60. The quantitative estimate of drug-likeness (QED) is 0.896. The molecule has 0 bridgehead atoms. The zero-order valence-corrected chi connectivity index (χ0v) is 12.1. The fraction of sp³-hybridized carbons (Fsp3) is 0.353. The van der Waals surface area contributed by atoms with Gasteiger partial charge in [-0.3, -0.25) is 0 Å². The average Bonchev–Trinajstić information content (AvgIpc) is 3.30. The van der Waals surface area contributed by atoms with Crippen LogP contribution in [-0.2, 0) is 6.54 Å². The topological polar surface area (TPSA) is 28.2 Å². The number of anilines is 2. The molecule has 1 aliphatic carbocycles. The highest BCUT2D eigenvalue weighted by Crippen LogP contribution is 2.41. The molecule has 1 aromatic carbocycles. The first-order valence-corrected chi connectivity index (χ1v) is 7.19. The van der Waals surface area contributed by atoms with E-state index in [0.717, 1.165) is 24.0 Å². The van der Waals surface area contributed by atoms with Crippen molar-refractivity contribution in [1.82, 2.24) is 4.98 Å². The second kappa shape index (κ2) is 5.53. The van der Waals surface area contributed by atoms with Crippen molar-refractivity contribution in [3.05, 3.63) is 53.7 Å². The molecule has 20 heavy (non-hydrogen) atoms. The van der Waals surface area contributed by atoms with Gasteiger partial charge in [-0.1, -0.05) is 24.3 Å². The summed E-state index contributed by atoms with van der Waals surface area (Å²) < 4.78 is 0. The molecule has 1 fully saturated rings. The van der Waals surface area contributed by atoms with Gasteiger partial charge in [-0.05, 0) is 42.0 Å². The molecule has 0 spiro atoms. The molecule has 0 saturated heterocycles. The molecule has 0 amide bonds. The Morgan fingerprint density at radius 2 is 1.95 bits per heavy atom. The van der Waals surface area contributed by atoms with Gasteiger partial charge >= 0.3 is 0 Å². The highest BCUT2D eigenvalue weighted by molar-refractivity contribution is 5.64. The maximum atomic E-state index is 4.42. The lowest BCUT2D eigenvalue weighted by Crippen LogP contribution is -2.14. The summed E-state index contributed by atoms with van der Waals surface area (Å²) in [5.74, 6) is 1.77. The van der Waals surface area contributed by atoms with Gasteiger partial charge in [-0.2, -0.15) is 0 Å². The Morgan fingerprint density at radius 1 is 1.15 bits per heavy atom. The van der Waals surface area contributed by atoms with Crippen LogP contribution in [0.15, 0.2) is 42.6 Å². The molecule has 2 aromatic rings. The van der Waals surface area contributed by atoms with Gasteiger partial charge < -0.3 is 10.2 Å². The third kappa shape index (κ3) is 2.77. The molecule has 104 valence electrons. The average molecular weight is 267 g/mol. The van der Waals surface area contributed by atoms with Gasteiger partial charge in [-0.15, -0.1) is 0 Å². The maximum Gasteiger partial charge on any atom is 0.151 e. The van der Waals surface area contributed by atoms with Crippen molar-refractivity contribution in [1.29, 1.82) is 0 Å². The highest BCUT2D eigenvalue weighted by Gasteiger charge is 2.25. The fourth-order valence-electron chi connectivity index (χ4n) is 2.57. The number of hydrogen-bond acceptors (Lipinski definition) is 3. The monoisotopic (exact) mass is 267 g/mol. The first-order valence-electron chi connectivity index (χ1n) is 7.19. The maximum absolute atomic E-state index is 4.42. The third-order valence-corrected chi connectivity index (χ3v) is 3.75. The van der Waals surface area contributed by atoms with E-state index in [4.69, 9.17) is 0 Å². The lowest BCUT2D eigenvalue weighted by Gasteiger charge is -2.17. The Bertz CT molecular complexity index is 543. The molecule has 1 aromatic heterocycles. The molecule has 1 saturated carbocycles. The number of pyridine rings is 1. The van der Waals surface area contributed by atoms with E-state index in [1.807, 2.05) is 31.3 Å². The van der Waals surface area contributed by atoms with Crippen LogP contribution in [0.4, 0.5) is 11.5 Å². The summed E-state index contributed by atoms with van der Waals surface area (Å²) in [6.07, 6.45) is 4.51. The van der Waals surface area contributed by atoms with Crippen molar-refractivity contribution in [3.8, 4) is 0 Å². The summed E-state index contributed by atoms with van der Waals surface area (Å²) >= 11 is 0. The van der Waals surface area contributed by atoms with Crippen molar-refractivity contribution >= 4 is 11.5 Å². The molecule has 1 heterocycles. The van der Waals surface area contributed by atoms with Crippen molar-refractivity contribution in [2.24, 2.45) is 0 Å². The van der Waals surface area contributed by atoms with E-state index in [1.54, 1.807) is 0 Å². The molecular formula is C17H21N3. The van der Waals surface area contributed by atoms with Gasteiger partial charge in [0.05, 0.1) is 5.69 Å². The SMILES string of the molecule is CN(C)c1ncccc1NCc1ccccc1C1CC1. The van der Waals surface area contributed by atoms with Gasteiger partial charge in [0.15, 0.2) is 5.82 Å². The number of hydrogen-bond donors (Lipinski definition) is 1. The minimum atomic E-state index is 0.787. The predicted molar refractivity (Wildman–Crippen MR) is 84.3 cm³/mol. The van der Waals surface area contributed by atoms with Crippen molar-refractivity contribution < 1.29 is 0 Å². The molecule has 3 heteroatoms. The Morgan fingerprint density at radius 3 is 2.70 bits per heavy atom. The van der Waals surface area contributed by atoms with Crippen molar-refractivity contribution in [3.63, 3.8) is 0 Å². The Labute approximate surface area is 120 Å². The summed E-state index contributed by atoms with van der Waals surface area (Å²) in [6.45, 7) is 0.860. The van der Waals surface area contributed by atoms with E-state index in [0.29, 0.717) is 0 Å². The molecule has 0 aliphatic heterocycles. The number of nitrogens with one attached hydrogen (secondary N) is 1. The molecule has 0 unspecified atom stereocenters. The normalized spacial score (nSPS) is 14.1. The second-order valence-corrected chi connectivity index (χ2v) is 5.60. The van der Waals surface area contributed by atoms with Crippen LogP contribution in [0.5, 0.6) is 0 Å². The molecule has 0 radical (unpaired) electrons. The molecular weight excluding hydrogens is 246 g/mol. The molecule has 1 N–H and O–H groups in total. The van der Waals surface area contributed by atoms with Gasteiger partial charge in [0.2, 0.25) is 0 Å². The number of nitrogens with zero attached hydrogens (tertiary/aromatic N) is 2. The van der Waals surface area contributed by atoms with Crippen LogP contribution in [0, 0.1) is 0 Å². The number of aromatic nitrogens is 1. The largest absolute Gasteiger partial charge is 0.378 e. The van der Waals surface area contributed by atoms with Crippen LogP contribution in [-0.4, -0.2) is 19.1 Å². The summed E-state index contributed by atoms with van der Waals surface area (Å²) in [6, 6.07) is 12.8. The number of rotatable bonds is 5. The van der Waals surface area contributed by atoms with Crippen LogP contribution in [0.25, 0.3) is 0 Å².